The van der Waals surface area contributed by atoms with Gasteiger partial charge in [0, 0.05) is 64.8 Å². The molecule has 0 aliphatic carbocycles. The Morgan fingerprint density at radius 1 is 1.00 bits per heavy atom. The minimum atomic E-state index is 0.816. The molecule has 1 saturated heterocycles. The molecule has 1 aliphatic rings. The number of likely N-dealkylation sites (N-methyl/N-ethyl adjacent to an activating group) is 1. The first-order valence-electron chi connectivity index (χ1n) is 10.3. The first-order chi connectivity index (χ1) is 12.8. The summed E-state index contributed by atoms with van der Waals surface area (Å²) in [5, 5.41) is 11.0. The van der Waals surface area contributed by atoms with Crippen molar-refractivity contribution >= 4 is 5.96 Å². The van der Waals surface area contributed by atoms with Gasteiger partial charge < -0.3 is 20.4 Å². The lowest BCUT2D eigenvalue weighted by atomic mass is 10.2. The first-order valence-corrected chi connectivity index (χ1v) is 10.3. The van der Waals surface area contributed by atoms with Crippen molar-refractivity contribution in [2.24, 2.45) is 4.99 Å². The minimum Gasteiger partial charge on any atom is -0.357 e. The SMILES string of the molecule is CCNC(=NCCCn1cccn1)NCCCCN1CCN(CC)CC1. The number of nitrogens with zero attached hydrogens (tertiary/aromatic N) is 5. The van der Waals surface area contributed by atoms with Crippen molar-refractivity contribution in [3.8, 4) is 0 Å². The van der Waals surface area contributed by atoms with Crippen molar-refractivity contribution in [1.82, 2.24) is 30.2 Å². The number of aliphatic imine (C=N–C) groups is 1. The Morgan fingerprint density at radius 2 is 1.81 bits per heavy atom. The lowest BCUT2D eigenvalue weighted by molar-refractivity contribution is 0.136. The molecule has 2 N–H and O–H groups in total. The van der Waals surface area contributed by atoms with Crippen molar-refractivity contribution in [2.75, 3.05) is 58.9 Å². The molecule has 2 heterocycles. The monoisotopic (exact) mass is 363 g/mol. The van der Waals surface area contributed by atoms with Gasteiger partial charge in [-0.25, -0.2) is 0 Å². The molecule has 26 heavy (non-hydrogen) atoms. The third kappa shape index (κ3) is 8.19. The highest BCUT2D eigenvalue weighted by Gasteiger charge is 2.14. The molecule has 7 nitrogen and oxygen atoms in total. The summed E-state index contributed by atoms with van der Waals surface area (Å²) in [5.41, 5.74) is 0. The number of piperazine rings is 1. The number of unbranched alkanes of at least 4 members (excludes halogenated alkanes) is 1. The summed E-state index contributed by atoms with van der Waals surface area (Å²) in [6, 6.07) is 1.96. The van der Waals surface area contributed by atoms with E-state index < -0.39 is 0 Å². The predicted octanol–water partition coefficient (Wildman–Crippen LogP) is 1.25. The van der Waals surface area contributed by atoms with E-state index in [9.17, 15) is 0 Å². The van der Waals surface area contributed by atoms with E-state index in [2.05, 4.69) is 44.4 Å². The van der Waals surface area contributed by atoms with E-state index in [0.29, 0.717) is 0 Å². The average molecular weight is 364 g/mol. The Kier molecular flexibility index (Phi) is 10.1. The molecule has 148 valence electrons. The van der Waals surface area contributed by atoms with Gasteiger partial charge in [-0.2, -0.15) is 5.10 Å². The smallest absolute Gasteiger partial charge is 0.191 e. The van der Waals surface area contributed by atoms with E-state index in [4.69, 9.17) is 0 Å². The molecule has 0 saturated carbocycles. The van der Waals surface area contributed by atoms with Crippen LogP contribution < -0.4 is 10.6 Å². The third-order valence-corrected chi connectivity index (χ3v) is 4.82. The van der Waals surface area contributed by atoms with Crippen LogP contribution in [-0.4, -0.2) is 84.4 Å². The fourth-order valence-corrected chi connectivity index (χ4v) is 3.19. The summed E-state index contributed by atoms with van der Waals surface area (Å²) in [4.78, 5) is 9.78. The highest BCUT2D eigenvalue weighted by Crippen LogP contribution is 2.02. The van der Waals surface area contributed by atoms with Gasteiger partial charge in [-0.1, -0.05) is 6.92 Å². The molecule has 2 rings (SSSR count). The van der Waals surface area contributed by atoms with Crippen LogP contribution in [0.5, 0.6) is 0 Å². The maximum atomic E-state index is 4.66. The molecule has 0 amide bonds. The molecular weight excluding hydrogens is 326 g/mol. The Hall–Kier alpha value is -1.60. The van der Waals surface area contributed by atoms with E-state index >= 15 is 0 Å². The lowest BCUT2D eigenvalue weighted by Crippen LogP contribution is -2.46. The first kappa shape index (κ1) is 20.7. The highest BCUT2D eigenvalue weighted by molar-refractivity contribution is 5.79. The average Bonchev–Trinajstić information content (AvgIpc) is 3.19. The molecule has 0 bridgehead atoms. The molecule has 0 unspecified atom stereocenters. The van der Waals surface area contributed by atoms with Crippen LogP contribution in [0.2, 0.25) is 0 Å². The highest BCUT2D eigenvalue weighted by atomic mass is 15.3. The van der Waals surface area contributed by atoms with Crippen molar-refractivity contribution < 1.29 is 0 Å². The van der Waals surface area contributed by atoms with Crippen LogP contribution in [0.1, 0.15) is 33.1 Å². The van der Waals surface area contributed by atoms with E-state index in [1.165, 1.54) is 52.1 Å². The van der Waals surface area contributed by atoms with Crippen LogP contribution >= 0.6 is 0 Å². The van der Waals surface area contributed by atoms with Crippen LogP contribution in [0.15, 0.2) is 23.5 Å². The number of hydrogen-bond acceptors (Lipinski definition) is 4. The second-order valence-electron chi connectivity index (χ2n) is 6.79. The van der Waals surface area contributed by atoms with Crippen molar-refractivity contribution in [3.63, 3.8) is 0 Å². The fraction of sp³-hybridized carbons (Fsp3) is 0.789. The summed E-state index contributed by atoms with van der Waals surface area (Å²) < 4.78 is 1.95. The van der Waals surface area contributed by atoms with Crippen LogP contribution in [-0.2, 0) is 6.54 Å². The molecule has 1 aromatic heterocycles. The molecule has 7 heteroatoms. The molecule has 0 atom stereocenters. The van der Waals surface area contributed by atoms with Gasteiger partial charge in [-0.05, 0) is 45.3 Å². The summed E-state index contributed by atoms with van der Waals surface area (Å²) in [6.07, 6.45) is 7.25. The maximum Gasteiger partial charge on any atom is 0.191 e. The van der Waals surface area contributed by atoms with Crippen LogP contribution in [0.4, 0.5) is 0 Å². The second-order valence-corrected chi connectivity index (χ2v) is 6.79. The summed E-state index contributed by atoms with van der Waals surface area (Å²) in [6.45, 7) is 15.3. The number of hydrogen-bond donors (Lipinski definition) is 2. The Balaban J connectivity index is 1.53. The zero-order chi connectivity index (χ0) is 18.5. The maximum absolute atomic E-state index is 4.66. The van der Waals surface area contributed by atoms with Gasteiger partial charge in [0.15, 0.2) is 5.96 Å². The third-order valence-electron chi connectivity index (χ3n) is 4.82. The topological polar surface area (TPSA) is 60.7 Å². The van der Waals surface area contributed by atoms with Gasteiger partial charge in [0.25, 0.3) is 0 Å². The molecule has 0 aromatic carbocycles. The van der Waals surface area contributed by atoms with Crippen molar-refractivity contribution in [1.29, 1.82) is 0 Å². The Morgan fingerprint density at radius 3 is 2.50 bits per heavy atom. The van der Waals surface area contributed by atoms with Crippen LogP contribution in [0.3, 0.4) is 0 Å². The quantitative estimate of drug-likeness (QED) is 0.352. The number of aromatic nitrogens is 2. The van der Waals surface area contributed by atoms with Gasteiger partial charge in [-0.15, -0.1) is 0 Å². The minimum absolute atomic E-state index is 0.816. The predicted molar refractivity (Wildman–Crippen MR) is 109 cm³/mol. The number of nitrogens with one attached hydrogen (secondary N) is 2. The van der Waals surface area contributed by atoms with E-state index in [-0.39, 0.29) is 0 Å². The summed E-state index contributed by atoms with van der Waals surface area (Å²) in [5.74, 6) is 0.935. The largest absolute Gasteiger partial charge is 0.357 e. The molecule has 1 aromatic rings. The lowest BCUT2D eigenvalue weighted by Gasteiger charge is -2.34. The molecular formula is C19H37N7. The number of guanidine groups is 1. The zero-order valence-electron chi connectivity index (χ0n) is 16.7. The van der Waals surface area contributed by atoms with Crippen molar-refractivity contribution in [3.05, 3.63) is 18.5 Å². The fourth-order valence-electron chi connectivity index (χ4n) is 3.19. The standard InChI is InChI=1S/C19H37N7/c1-3-20-19(22-10-7-13-26-14-8-11-23-26)21-9-5-6-12-25-17-15-24(4-2)16-18-25/h8,11,14H,3-7,9-10,12-13,15-18H2,1-2H3,(H2,20,21,22). The van der Waals surface area contributed by atoms with E-state index in [0.717, 1.165) is 38.6 Å². The van der Waals surface area contributed by atoms with Crippen LogP contribution in [0.25, 0.3) is 0 Å². The Labute approximate surface area is 158 Å². The van der Waals surface area contributed by atoms with Crippen LogP contribution in [0, 0.1) is 0 Å². The second kappa shape index (κ2) is 12.7. The molecule has 1 aliphatic heterocycles. The molecule has 0 spiro atoms. The normalized spacial score (nSPS) is 16.8. The molecule has 1 fully saturated rings. The summed E-state index contributed by atoms with van der Waals surface area (Å²) >= 11 is 0. The van der Waals surface area contributed by atoms with Gasteiger partial charge >= 0.3 is 0 Å². The van der Waals surface area contributed by atoms with Gasteiger partial charge in [0.05, 0.1) is 0 Å². The van der Waals surface area contributed by atoms with Crippen molar-refractivity contribution in [2.45, 2.75) is 39.7 Å². The van der Waals surface area contributed by atoms with E-state index in [1.54, 1.807) is 0 Å². The Bertz CT molecular complexity index is 478. The summed E-state index contributed by atoms with van der Waals surface area (Å²) in [7, 11) is 0. The zero-order valence-corrected chi connectivity index (χ0v) is 16.7. The number of aryl methyl sites for hydroxylation is 1. The van der Waals surface area contributed by atoms with Gasteiger partial charge in [-0.3, -0.25) is 9.67 Å². The number of rotatable bonds is 11. The molecule has 0 radical (unpaired) electrons. The van der Waals surface area contributed by atoms with Gasteiger partial charge in [0.1, 0.15) is 0 Å². The van der Waals surface area contributed by atoms with Gasteiger partial charge in [0.2, 0.25) is 0 Å². The van der Waals surface area contributed by atoms with E-state index in [1.807, 2.05) is 23.1 Å².